The van der Waals surface area contributed by atoms with E-state index in [1.165, 1.54) is 5.69 Å². The second kappa shape index (κ2) is 5.63. The van der Waals surface area contributed by atoms with E-state index in [0.29, 0.717) is 0 Å². The lowest BCUT2D eigenvalue weighted by Gasteiger charge is -2.22. The third-order valence-electron chi connectivity index (χ3n) is 3.47. The summed E-state index contributed by atoms with van der Waals surface area (Å²) in [4.78, 5) is 4.54. The van der Waals surface area contributed by atoms with Gasteiger partial charge in [-0.3, -0.25) is 0 Å². The molecule has 0 fully saturated rings. The summed E-state index contributed by atoms with van der Waals surface area (Å²) in [5.74, 6) is 1.81. The number of rotatable bonds is 2. The summed E-state index contributed by atoms with van der Waals surface area (Å²) in [5.41, 5.74) is 8.34. The zero-order valence-corrected chi connectivity index (χ0v) is 11.7. The van der Waals surface area contributed by atoms with Crippen LogP contribution in [0.15, 0.2) is 30.5 Å². The molecule has 1 aliphatic rings. The van der Waals surface area contributed by atoms with E-state index in [1.54, 1.807) is 7.11 Å². The molecule has 0 aliphatic carbocycles. The summed E-state index contributed by atoms with van der Waals surface area (Å²) in [6.45, 7) is 0.836. The van der Waals surface area contributed by atoms with Crippen molar-refractivity contribution in [2.75, 3.05) is 7.11 Å². The molecular formula is C14H18ClN3O. The van der Waals surface area contributed by atoms with Crippen molar-refractivity contribution in [3.05, 3.63) is 36.2 Å². The van der Waals surface area contributed by atoms with Gasteiger partial charge in [-0.25, -0.2) is 4.98 Å². The highest BCUT2D eigenvalue weighted by molar-refractivity contribution is 5.85. The number of fused-ring (bicyclic) bond motifs is 1. The van der Waals surface area contributed by atoms with Crippen molar-refractivity contribution in [3.63, 3.8) is 0 Å². The topological polar surface area (TPSA) is 53.1 Å². The molecule has 0 radical (unpaired) electrons. The fraction of sp³-hybridized carbons (Fsp3) is 0.357. The largest absolute Gasteiger partial charge is 0.496 e. The van der Waals surface area contributed by atoms with Gasteiger partial charge in [-0.15, -0.1) is 12.4 Å². The fourth-order valence-electron chi connectivity index (χ4n) is 2.52. The Morgan fingerprint density at radius 2 is 2.16 bits per heavy atom. The molecule has 2 aromatic rings. The minimum Gasteiger partial charge on any atom is -0.496 e. The van der Waals surface area contributed by atoms with Crippen LogP contribution < -0.4 is 10.5 Å². The predicted molar refractivity (Wildman–Crippen MR) is 77.8 cm³/mol. The Labute approximate surface area is 119 Å². The number of aryl methyl sites for hydroxylation is 1. The van der Waals surface area contributed by atoms with Crippen LogP contribution >= 0.6 is 12.4 Å². The molecule has 4 nitrogen and oxygen atoms in total. The van der Waals surface area contributed by atoms with Crippen LogP contribution in [0.25, 0.3) is 11.4 Å². The second-order valence-corrected chi connectivity index (χ2v) is 4.68. The molecule has 5 heteroatoms. The number of hydrogen-bond acceptors (Lipinski definition) is 3. The highest BCUT2D eigenvalue weighted by atomic mass is 35.5. The fourth-order valence-corrected chi connectivity index (χ4v) is 2.52. The number of aromatic nitrogens is 2. The van der Waals surface area contributed by atoms with E-state index in [4.69, 9.17) is 10.5 Å². The quantitative estimate of drug-likeness (QED) is 0.917. The Kier molecular flexibility index (Phi) is 4.12. The SMILES string of the molecule is COc1ccccc1-c1ncc2n1CC(N)CC2.Cl. The number of imidazole rings is 1. The Morgan fingerprint density at radius 3 is 2.95 bits per heavy atom. The monoisotopic (exact) mass is 279 g/mol. The van der Waals surface area contributed by atoms with Gasteiger partial charge in [-0.05, 0) is 25.0 Å². The Bertz CT molecular complexity index is 568. The molecule has 102 valence electrons. The molecule has 2 heterocycles. The third kappa shape index (κ3) is 2.46. The van der Waals surface area contributed by atoms with E-state index in [2.05, 4.69) is 9.55 Å². The first-order chi connectivity index (χ1) is 8.79. The number of ether oxygens (including phenoxy) is 1. The van der Waals surface area contributed by atoms with E-state index in [-0.39, 0.29) is 18.4 Å². The van der Waals surface area contributed by atoms with Crippen LogP contribution in [-0.4, -0.2) is 22.7 Å². The molecule has 3 rings (SSSR count). The van der Waals surface area contributed by atoms with E-state index in [0.717, 1.165) is 36.5 Å². The lowest BCUT2D eigenvalue weighted by Crippen LogP contribution is -2.32. The number of benzene rings is 1. The van der Waals surface area contributed by atoms with Gasteiger partial charge in [0.2, 0.25) is 0 Å². The van der Waals surface area contributed by atoms with Crippen molar-refractivity contribution in [2.45, 2.75) is 25.4 Å². The van der Waals surface area contributed by atoms with Gasteiger partial charge in [0.05, 0.1) is 12.7 Å². The maximum absolute atomic E-state index is 6.05. The summed E-state index contributed by atoms with van der Waals surface area (Å²) in [6, 6.07) is 8.19. The molecule has 0 saturated carbocycles. The number of halogens is 1. The lowest BCUT2D eigenvalue weighted by molar-refractivity contribution is 0.414. The van der Waals surface area contributed by atoms with Crippen molar-refractivity contribution in [3.8, 4) is 17.1 Å². The second-order valence-electron chi connectivity index (χ2n) is 4.68. The van der Waals surface area contributed by atoms with Crippen LogP contribution in [0.3, 0.4) is 0 Å². The van der Waals surface area contributed by atoms with Crippen molar-refractivity contribution in [2.24, 2.45) is 5.73 Å². The van der Waals surface area contributed by atoms with E-state index in [1.807, 2.05) is 30.5 Å². The van der Waals surface area contributed by atoms with E-state index >= 15 is 0 Å². The smallest absolute Gasteiger partial charge is 0.143 e. The zero-order chi connectivity index (χ0) is 12.5. The van der Waals surface area contributed by atoms with Crippen LogP contribution in [-0.2, 0) is 13.0 Å². The zero-order valence-electron chi connectivity index (χ0n) is 10.9. The first-order valence-corrected chi connectivity index (χ1v) is 6.23. The van der Waals surface area contributed by atoms with Gasteiger partial charge in [-0.1, -0.05) is 12.1 Å². The maximum Gasteiger partial charge on any atom is 0.143 e. The normalized spacial score (nSPS) is 17.5. The van der Waals surface area contributed by atoms with Gasteiger partial charge in [0.1, 0.15) is 11.6 Å². The molecule has 1 atom stereocenters. The molecule has 1 unspecified atom stereocenters. The first kappa shape index (κ1) is 13.9. The summed E-state index contributed by atoms with van der Waals surface area (Å²) in [6.07, 6.45) is 3.99. The third-order valence-corrected chi connectivity index (χ3v) is 3.47. The molecule has 0 spiro atoms. The summed E-state index contributed by atoms with van der Waals surface area (Å²) >= 11 is 0. The molecule has 1 aromatic carbocycles. The highest BCUT2D eigenvalue weighted by Gasteiger charge is 2.20. The number of methoxy groups -OCH3 is 1. The molecular weight excluding hydrogens is 262 g/mol. The van der Waals surface area contributed by atoms with Crippen molar-refractivity contribution in [1.29, 1.82) is 0 Å². The van der Waals surface area contributed by atoms with Crippen LogP contribution in [0, 0.1) is 0 Å². The van der Waals surface area contributed by atoms with Gasteiger partial charge in [-0.2, -0.15) is 0 Å². The predicted octanol–water partition coefficient (Wildman–Crippen LogP) is 2.25. The molecule has 2 N–H and O–H groups in total. The number of nitrogens with zero attached hydrogens (tertiary/aromatic N) is 2. The molecule has 0 bridgehead atoms. The Hall–Kier alpha value is -1.52. The Balaban J connectivity index is 0.00000133. The minimum atomic E-state index is 0. The summed E-state index contributed by atoms with van der Waals surface area (Å²) in [7, 11) is 1.69. The Morgan fingerprint density at radius 1 is 1.37 bits per heavy atom. The number of nitrogens with two attached hydrogens (primary N) is 1. The first-order valence-electron chi connectivity index (χ1n) is 6.23. The number of hydrogen-bond donors (Lipinski definition) is 1. The van der Waals surface area contributed by atoms with Crippen LogP contribution in [0.1, 0.15) is 12.1 Å². The molecule has 0 amide bonds. The van der Waals surface area contributed by atoms with Gasteiger partial charge in [0.25, 0.3) is 0 Å². The van der Waals surface area contributed by atoms with Gasteiger partial charge in [0.15, 0.2) is 0 Å². The number of para-hydroxylation sites is 1. The van der Waals surface area contributed by atoms with Crippen LogP contribution in [0.2, 0.25) is 0 Å². The summed E-state index contributed by atoms with van der Waals surface area (Å²) < 4.78 is 7.62. The highest BCUT2D eigenvalue weighted by Crippen LogP contribution is 2.30. The van der Waals surface area contributed by atoms with Gasteiger partial charge < -0.3 is 15.0 Å². The lowest BCUT2D eigenvalue weighted by atomic mass is 10.1. The average Bonchev–Trinajstić information content (AvgIpc) is 2.81. The molecule has 1 aliphatic heterocycles. The van der Waals surface area contributed by atoms with Crippen LogP contribution in [0.4, 0.5) is 0 Å². The molecule has 0 saturated heterocycles. The van der Waals surface area contributed by atoms with Gasteiger partial charge in [0, 0.05) is 24.5 Å². The van der Waals surface area contributed by atoms with E-state index < -0.39 is 0 Å². The molecule has 1 aromatic heterocycles. The van der Waals surface area contributed by atoms with Crippen LogP contribution in [0.5, 0.6) is 5.75 Å². The van der Waals surface area contributed by atoms with Crippen molar-refractivity contribution >= 4 is 12.4 Å². The minimum absolute atomic E-state index is 0. The van der Waals surface area contributed by atoms with E-state index in [9.17, 15) is 0 Å². The standard InChI is InChI=1S/C14H17N3O.ClH/c1-18-13-5-3-2-4-12(13)14-16-8-11-7-6-10(15)9-17(11)14;/h2-5,8,10H,6-7,9,15H2,1H3;1H. The average molecular weight is 280 g/mol. The van der Waals surface area contributed by atoms with Gasteiger partial charge >= 0.3 is 0 Å². The summed E-state index contributed by atoms with van der Waals surface area (Å²) in [5, 5.41) is 0. The van der Waals surface area contributed by atoms with Crippen molar-refractivity contribution < 1.29 is 4.74 Å². The van der Waals surface area contributed by atoms with Crippen molar-refractivity contribution in [1.82, 2.24) is 9.55 Å². The molecule has 19 heavy (non-hydrogen) atoms. The maximum atomic E-state index is 6.05.